The second-order valence-electron chi connectivity index (χ2n) is 7.24. The fourth-order valence-electron chi connectivity index (χ4n) is 3.59. The smallest absolute Gasteiger partial charge is 0.138 e. The molecular formula is C16H28N4O. The van der Waals surface area contributed by atoms with Gasteiger partial charge < -0.3 is 10.1 Å². The molecule has 1 aromatic heterocycles. The Hall–Kier alpha value is -0.940. The molecule has 1 N–H and O–H groups in total. The molecule has 1 aromatic rings. The Morgan fingerprint density at radius 1 is 1.48 bits per heavy atom. The molecule has 3 rings (SSSR count). The number of nitrogens with zero attached hydrogens (tertiary/aromatic N) is 3. The molecule has 1 saturated carbocycles. The Morgan fingerprint density at radius 3 is 2.90 bits per heavy atom. The van der Waals surface area contributed by atoms with Gasteiger partial charge in [-0.2, -0.15) is 5.10 Å². The lowest BCUT2D eigenvalue weighted by atomic mass is 9.75. The van der Waals surface area contributed by atoms with Gasteiger partial charge in [-0.15, -0.1) is 0 Å². The summed E-state index contributed by atoms with van der Waals surface area (Å²) in [6.07, 6.45) is 6.81. The van der Waals surface area contributed by atoms with E-state index in [0.29, 0.717) is 12.0 Å². The molecule has 0 radical (unpaired) electrons. The first-order valence-corrected chi connectivity index (χ1v) is 8.26. The molecule has 1 aliphatic carbocycles. The van der Waals surface area contributed by atoms with Crippen LogP contribution in [0.25, 0.3) is 0 Å². The first-order valence-electron chi connectivity index (χ1n) is 8.26. The summed E-state index contributed by atoms with van der Waals surface area (Å²) >= 11 is 0. The van der Waals surface area contributed by atoms with Crippen LogP contribution in [-0.4, -0.2) is 40.6 Å². The van der Waals surface area contributed by atoms with Gasteiger partial charge in [0.1, 0.15) is 12.2 Å². The van der Waals surface area contributed by atoms with Crippen LogP contribution in [0, 0.1) is 17.3 Å². The zero-order valence-corrected chi connectivity index (χ0v) is 13.5. The third-order valence-corrected chi connectivity index (χ3v) is 4.90. The predicted molar refractivity (Wildman–Crippen MR) is 81.9 cm³/mol. The molecule has 0 spiro atoms. The summed E-state index contributed by atoms with van der Waals surface area (Å²) in [5, 5.41) is 7.90. The molecule has 0 aromatic carbocycles. The van der Waals surface area contributed by atoms with E-state index in [4.69, 9.17) is 4.74 Å². The molecule has 0 bridgehead atoms. The summed E-state index contributed by atoms with van der Waals surface area (Å²) in [4.78, 5) is 4.45. The van der Waals surface area contributed by atoms with Gasteiger partial charge in [0, 0.05) is 32.0 Å². The Morgan fingerprint density at radius 2 is 2.29 bits per heavy atom. The van der Waals surface area contributed by atoms with Gasteiger partial charge in [0.05, 0.1) is 6.10 Å². The largest absolute Gasteiger partial charge is 0.377 e. The van der Waals surface area contributed by atoms with E-state index >= 15 is 0 Å². The Balaban J connectivity index is 1.75. The minimum absolute atomic E-state index is 0.191. The number of hydrogen-bond donors (Lipinski definition) is 1. The fraction of sp³-hybridized carbons (Fsp3) is 0.875. The minimum atomic E-state index is 0.191. The summed E-state index contributed by atoms with van der Waals surface area (Å²) in [6, 6.07) is 0. The highest BCUT2D eigenvalue weighted by molar-refractivity contribution is 5.05. The van der Waals surface area contributed by atoms with Crippen LogP contribution in [0.4, 0.5) is 0 Å². The van der Waals surface area contributed by atoms with Crippen LogP contribution in [0.15, 0.2) is 6.33 Å². The molecule has 118 valence electrons. The van der Waals surface area contributed by atoms with Crippen LogP contribution in [0.2, 0.25) is 0 Å². The average molecular weight is 292 g/mol. The quantitative estimate of drug-likeness (QED) is 0.832. The highest BCUT2D eigenvalue weighted by atomic mass is 16.5. The molecule has 5 heteroatoms. The number of aromatic nitrogens is 3. The van der Waals surface area contributed by atoms with E-state index in [9.17, 15) is 0 Å². The van der Waals surface area contributed by atoms with E-state index in [1.54, 1.807) is 6.33 Å². The molecule has 5 nitrogen and oxygen atoms in total. The van der Waals surface area contributed by atoms with Crippen molar-refractivity contribution in [1.29, 1.82) is 0 Å². The van der Waals surface area contributed by atoms with Crippen molar-refractivity contribution in [3.05, 3.63) is 12.2 Å². The van der Waals surface area contributed by atoms with E-state index in [0.717, 1.165) is 44.3 Å². The normalized spacial score (nSPS) is 29.4. The lowest BCUT2D eigenvalue weighted by Crippen LogP contribution is -2.44. The van der Waals surface area contributed by atoms with Crippen molar-refractivity contribution in [2.75, 3.05) is 19.7 Å². The zero-order chi connectivity index (χ0) is 14.9. The Labute approximate surface area is 127 Å². The molecule has 1 saturated heterocycles. The van der Waals surface area contributed by atoms with Gasteiger partial charge in [-0.05, 0) is 37.6 Å². The Bertz CT molecular complexity index is 469. The number of aryl methyl sites for hydroxylation is 1. The summed E-state index contributed by atoms with van der Waals surface area (Å²) in [5.41, 5.74) is 0.191. The highest BCUT2D eigenvalue weighted by Crippen LogP contribution is 2.49. The van der Waals surface area contributed by atoms with Crippen molar-refractivity contribution in [3.8, 4) is 0 Å². The van der Waals surface area contributed by atoms with Gasteiger partial charge in [-0.25, -0.2) is 4.98 Å². The molecule has 2 unspecified atom stereocenters. The van der Waals surface area contributed by atoms with Crippen LogP contribution in [-0.2, 0) is 18.2 Å². The zero-order valence-electron chi connectivity index (χ0n) is 13.5. The van der Waals surface area contributed by atoms with Crippen LogP contribution in [0.1, 0.15) is 38.9 Å². The molecule has 2 aliphatic rings. The lowest BCUT2D eigenvalue weighted by molar-refractivity contribution is 0.0291. The van der Waals surface area contributed by atoms with Crippen molar-refractivity contribution >= 4 is 0 Å². The van der Waals surface area contributed by atoms with E-state index in [-0.39, 0.29) is 5.41 Å². The van der Waals surface area contributed by atoms with Gasteiger partial charge in [0.15, 0.2) is 0 Å². The van der Waals surface area contributed by atoms with Crippen molar-refractivity contribution in [2.45, 2.75) is 45.6 Å². The van der Waals surface area contributed by atoms with Gasteiger partial charge >= 0.3 is 0 Å². The van der Waals surface area contributed by atoms with Gasteiger partial charge in [0.2, 0.25) is 0 Å². The average Bonchev–Trinajstić information content (AvgIpc) is 3.08. The number of rotatable bonds is 7. The molecular weight excluding hydrogens is 264 g/mol. The maximum atomic E-state index is 6.14. The predicted octanol–water partition coefficient (Wildman–Crippen LogP) is 1.79. The van der Waals surface area contributed by atoms with Crippen LogP contribution < -0.4 is 5.32 Å². The number of ether oxygens (including phenoxy) is 1. The van der Waals surface area contributed by atoms with Crippen molar-refractivity contribution in [2.24, 2.45) is 24.3 Å². The van der Waals surface area contributed by atoms with Gasteiger partial charge in [0.25, 0.3) is 0 Å². The highest BCUT2D eigenvalue weighted by Gasteiger charge is 2.51. The van der Waals surface area contributed by atoms with Crippen LogP contribution >= 0.6 is 0 Å². The van der Waals surface area contributed by atoms with E-state index in [1.807, 2.05) is 11.7 Å². The second kappa shape index (κ2) is 6.05. The first kappa shape index (κ1) is 15.0. The SMILES string of the molecule is CC(C)CNCC1(Cc2ncnn2C)CCOC1C1CC1. The van der Waals surface area contributed by atoms with Crippen molar-refractivity contribution in [1.82, 2.24) is 20.1 Å². The minimum Gasteiger partial charge on any atom is -0.377 e. The van der Waals surface area contributed by atoms with Crippen LogP contribution in [0.3, 0.4) is 0 Å². The van der Waals surface area contributed by atoms with Gasteiger partial charge in [-0.3, -0.25) is 4.68 Å². The standard InChI is InChI=1S/C16H28N4O/c1-12(2)9-17-10-16(8-14-18-11-19-20(14)3)6-7-21-15(16)13-4-5-13/h11-13,15,17H,4-10H2,1-3H3. The van der Waals surface area contributed by atoms with Crippen molar-refractivity contribution in [3.63, 3.8) is 0 Å². The molecule has 2 atom stereocenters. The Kier molecular flexibility index (Phi) is 4.31. The fourth-order valence-corrected chi connectivity index (χ4v) is 3.59. The van der Waals surface area contributed by atoms with E-state index in [2.05, 4.69) is 29.2 Å². The third kappa shape index (κ3) is 3.29. The lowest BCUT2D eigenvalue weighted by Gasteiger charge is -2.34. The third-order valence-electron chi connectivity index (χ3n) is 4.90. The molecule has 2 heterocycles. The van der Waals surface area contributed by atoms with Crippen molar-refractivity contribution < 1.29 is 4.74 Å². The molecule has 0 amide bonds. The summed E-state index contributed by atoms with van der Waals surface area (Å²) in [6.45, 7) is 7.50. The molecule has 21 heavy (non-hydrogen) atoms. The summed E-state index contributed by atoms with van der Waals surface area (Å²) in [5.74, 6) is 2.53. The summed E-state index contributed by atoms with van der Waals surface area (Å²) in [7, 11) is 1.99. The van der Waals surface area contributed by atoms with Crippen LogP contribution in [0.5, 0.6) is 0 Å². The molecule has 1 aliphatic heterocycles. The topological polar surface area (TPSA) is 52.0 Å². The summed E-state index contributed by atoms with van der Waals surface area (Å²) < 4.78 is 8.05. The van der Waals surface area contributed by atoms with E-state index in [1.165, 1.54) is 12.8 Å². The first-order chi connectivity index (χ1) is 10.1. The van der Waals surface area contributed by atoms with Gasteiger partial charge in [-0.1, -0.05) is 13.8 Å². The van der Waals surface area contributed by atoms with E-state index < -0.39 is 0 Å². The monoisotopic (exact) mass is 292 g/mol. The number of hydrogen-bond acceptors (Lipinski definition) is 4. The molecule has 2 fully saturated rings. The number of nitrogens with one attached hydrogen (secondary N) is 1. The maximum absolute atomic E-state index is 6.14. The second-order valence-corrected chi connectivity index (χ2v) is 7.24. The maximum Gasteiger partial charge on any atom is 0.138 e.